The Morgan fingerprint density at radius 3 is 2.00 bits per heavy atom. The first-order valence-electron chi connectivity index (χ1n) is 3.33. The average Bonchev–Trinajstić information content (AvgIpc) is 2.38. The van der Waals surface area contributed by atoms with Gasteiger partial charge in [0.2, 0.25) is 0 Å². The SMILES string of the molecule is COCCO.O=C1C=CC(=O)N1. The third-order valence-electron chi connectivity index (χ3n) is 0.928. The fourth-order valence-electron chi connectivity index (χ4n) is 0.447. The highest BCUT2D eigenvalue weighted by molar-refractivity contribution is 6.12. The van der Waals surface area contributed by atoms with E-state index in [1.165, 1.54) is 12.2 Å². The summed E-state index contributed by atoms with van der Waals surface area (Å²) in [6, 6.07) is 0. The molecule has 2 N–H and O–H groups in total. The molecule has 0 aromatic heterocycles. The normalized spacial score (nSPS) is 13.8. The molecule has 5 nitrogen and oxygen atoms in total. The van der Waals surface area contributed by atoms with Crippen molar-refractivity contribution in [3.05, 3.63) is 12.2 Å². The number of hydrogen-bond donors (Lipinski definition) is 2. The van der Waals surface area contributed by atoms with Crippen molar-refractivity contribution in [3.8, 4) is 0 Å². The van der Waals surface area contributed by atoms with Crippen molar-refractivity contribution in [2.24, 2.45) is 0 Å². The Kier molecular flexibility index (Phi) is 5.86. The number of aliphatic hydroxyl groups is 1. The van der Waals surface area contributed by atoms with Crippen LogP contribution in [-0.2, 0) is 14.3 Å². The Hall–Kier alpha value is -1.20. The number of hydrogen-bond acceptors (Lipinski definition) is 4. The van der Waals surface area contributed by atoms with Crippen LogP contribution in [0.25, 0.3) is 0 Å². The second kappa shape index (κ2) is 6.51. The summed E-state index contributed by atoms with van der Waals surface area (Å²) >= 11 is 0. The van der Waals surface area contributed by atoms with Crippen LogP contribution in [0.2, 0.25) is 0 Å². The van der Waals surface area contributed by atoms with Crippen molar-refractivity contribution in [3.63, 3.8) is 0 Å². The van der Waals surface area contributed by atoms with E-state index in [0.29, 0.717) is 6.61 Å². The van der Waals surface area contributed by atoms with Crippen LogP contribution < -0.4 is 5.32 Å². The molecule has 0 aliphatic carbocycles. The molecule has 1 rings (SSSR count). The quantitative estimate of drug-likeness (QED) is 0.515. The molecule has 0 radical (unpaired) electrons. The van der Waals surface area contributed by atoms with E-state index in [2.05, 4.69) is 4.74 Å². The monoisotopic (exact) mass is 173 g/mol. The van der Waals surface area contributed by atoms with Gasteiger partial charge in [0.1, 0.15) is 0 Å². The van der Waals surface area contributed by atoms with Crippen LogP contribution in [0, 0.1) is 0 Å². The van der Waals surface area contributed by atoms with Crippen molar-refractivity contribution >= 4 is 11.8 Å². The maximum Gasteiger partial charge on any atom is 0.250 e. The van der Waals surface area contributed by atoms with Crippen molar-refractivity contribution in [2.75, 3.05) is 20.3 Å². The summed E-state index contributed by atoms with van der Waals surface area (Å²) in [6.07, 6.45) is 2.39. The predicted octanol–water partition coefficient (Wildman–Crippen LogP) is -1.18. The molecule has 0 atom stereocenters. The lowest BCUT2D eigenvalue weighted by Gasteiger charge is -1.84. The Morgan fingerprint density at radius 2 is 1.92 bits per heavy atom. The molecule has 0 fully saturated rings. The van der Waals surface area contributed by atoms with E-state index in [1.54, 1.807) is 7.11 Å². The van der Waals surface area contributed by atoms with Gasteiger partial charge < -0.3 is 9.84 Å². The second-order valence-electron chi connectivity index (χ2n) is 1.90. The van der Waals surface area contributed by atoms with Crippen LogP contribution in [-0.4, -0.2) is 37.2 Å². The molecule has 0 saturated carbocycles. The average molecular weight is 173 g/mol. The van der Waals surface area contributed by atoms with Crippen LogP contribution in [0.15, 0.2) is 12.2 Å². The minimum absolute atomic E-state index is 0.122. The number of imide groups is 1. The van der Waals surface area contributed by atoms with Crippen molar-refractivity contribution in [1.29, 1.82) is 0 Å². The van der Waals surface area contributed by atoms with E-state index in [1.807, 2.05) is 5.32 Å². The molecule has 0 aromatic carbocycles. The number of amides is 2. The lowest BCUT2D eigenvalue weighted by atomic mass is 10.6. The molecule has 0 saturated heterocycles. The number of rotatable bonds is 2. The summed E-state index contributed by atoms with van der Waals surface area (Å²) in [5.74, 6) is -0.657. The molecule has 5 heteroatoms. The highest BCUT2D eigenvalue weighted by atomic mass is 16.5. The Balaban J connectivity index is 0.000000217. The van der Waals surface area contributed by atoms with Gasteiger partial charge in [0.15, 0.2) is 0 Å². The van der Waals surface area contributed by atoms with Crippen molar-refractivity contribution in [2.45, 2.75) is 0 Å². The Morgan fingerprint density at radius 1 is 1.42 bits per heavy atom. The largest absolute Gasteiger partial charge is 0.394 e. The van der Waals surface area contributed by atoms with Gasteiger partial charge in [-0.15, -0.1) is 0 Å². The number of nitrogens with one attached hydrogen (secondary N) is 1. The van der Waals surface area contributed by atoms with Crippen LogP contribution in [0.3, 0.4) is 0 Å². The highest BCUT2D eigenvalue weighted by Crippen LogP contribution is 1.82. The van der Waals surface area contributed by atoms with Gasteiger partial charge >= 0.3 is 0 Å². The van der Waals surface area contributed by atoms with E-state index < -0.39 is 0 Å². The van der Waals surface area contributed by atoms with E-state index in [0.717, 1.165) is 0 Å². The summed E-state index contributed by atoms with van der Waals surface area (Å²) in [5, 5.41) is 9.97. The first-order valence-corrected chi connectivity index (χ1v) is 3.33. The summed E-state index contributed by atoms with van der Waals surface area (Å²) in [7, 11) is 1.55. The zero-order valence-electron chi connectivity index (χ0n) is 6.74. The molecule has 1 aliphatic heterocycles. The van der Waals surface area contributed by atoms with Gasteiger partial charge in [0, 0.05) is 19.3 Å². The van der Waals surface area contributed by atoms with Gasteiger partial charge in [-0.1, -0.05) is 0 Å². The van der Waals surface area contributed by atoms with Crippen molar-refractivity contribution in [1.82, 2.24) is 5.32 Å². The second-order valence-corrected chi connectivity index (χ2v) is 1.90. The van der Waals surface area contributed by atoms with E-state index >= 15 is 0 Å². The summed E-state index contributed by atoms with van der Waals surface area (Å²) in [6.45, 7) is 0.566. The molecule has 0 aromatic rings. The molecule has 68 valence electrons. The number of carbonyl (C=O) groups is 2. The van der Waals surface area contributed by atoms with Crippen LogP contribution in [0.5, 0.6) is 0 Å². The van der Waals surface area contributed by atoms with E-state index in [-0.39, 0.29) is 18.4 Å². The van der Waals surface area contributed by atoms with Gasteiger partial charge in [-0.05, 0) is 0 Å². The lowest BCUT2D eigenvalue weighted by molar-refractivity contribution is -0.123. The minimum atomic E-state index is -0.329. The summed E-state index contributed by atoms with van der Waals surface area (Å²) in [4.78, 5) is 20.1. The molecule has 0 unspecified atom stereocenters. The van der Waals surface area contributed by atoms with Crippen molar-refractivity contribution < 1.29 is 19.4 Å². The van der Waals surface area contributed by atoms with Gasteiger partial charge in [-0.2, -0.15) is 0 Å². The van der Waals surface area contributed by atoms with Crippen LogP contribution in [0.4, 0.5) is 0 Å². The maximum atomic E-state index is 10.0. The smallest absolute Gasteiger partial charge is 0.250 e. The minimum Gasteiger partial charge on any atom is -0.394 e. The molecule has 2 amide bonds. The number of aliphatic hydroxyl groups excluding tert-OH is 1. The molecule has 12 heavy (non-hydrogen) atoms. The van der Waals surface area contributed by atoms with Crippen LogP contribution >= 0.6 is 0 Å². The first-order chi connectivity index (χ1) is 5.70. The fraction of sp³-hybridized carbons (Fsp3) is 0.429. The molecular weight excluding hydrogens is 162 g/mol. The molecule has 0 spiro atoms. The Bertz CT molecular complexity index is 170. The number of ether oxygens (including phenoxy) is 1. The topological polar surface area (TPSA) is 75.6 Å². The predicted molar refractivity (Wildman–Crippen MR) is 41.3 cm³/mol. The third-order valence-corrected chi connectivity index (χ3v) is 0.928. The van der Waals surface area contributed by atoms with Gasteiger partial charge in [0.25, 0.3) is 11.8 Å². The van der Waals surface area contributed by atoms with Gasteiger partial charge in [-0.3, -0.25) is 14.9 Å². The zero-order valence-corrected chi connectivity index (χ0v) is 6.74. The number of carbonyl (C=O) groups excluding carboxylic acids is 2. The summed E-state index contributed by atoms with van der Waals surface area (Å²) in [5.41, 5.74) is 0. The zero-order chi connectivity index (χ0) is 9.40. The fourth-order valence-corrected chi connectivity index (χ4v) is 0.447. The van der Waals surface area contributed by atoms with E-state index in [9.17, 15) is 9.59 Å². The van der Waals surface area contributed by atoms with Gasteiger partial charge in [-0.25, -0.2) is 0 Å². The Labute approximate surface area is 70.0 Å². The molecule has 1 heterocycles. The van der Waals surface area contributed by atoms with Crippen LogP contribution in [0.1, 0.15) is 0 Å². The molecule has 1 aliphatic rings. The molecular formula is C7H11NO4. The highest BCUT2D eigenvalue weighted by Gasteiger charge is 2.06. The maximum absolute atomic E-state index is 10.0. The van der Waals surface area contributed by atoms with E-state index in [4.69, 9.17) is 5.11 Å². The standard InChI is InChI=1S/C4H3NO2.C3H8O2/c6-3-1-2-4(7)5-3;1-5-3-2-4/h1-2H,(H,5,6,7);4H,2-3H2,1H3. The third kappa shape index (κ3) is 5.57. The lowest BCUT2D eigenvalue weighted by Crippen LogP contribution is -2.19. The number of methoxy groups -OCH3 is 1. The molecule has 0 bridgehead atoms. The first kappa shape index (κ1) is 10.8. The van der Waals surface area contributed by atoms with Gasteiger partial charge in [0.05, 0.1) is 13.2 Å². The summed E-state index contributed by atoms with van der Waals surface area (Å²) < 4.78 is 4.44.